The molecular formula is C7H11NO2. The van der Waals surface area contributed by atoms with Gasteiger partial charge >= 0.3 is 0 Å². The number of carbonyl (C=O) groups is 2. The van der Waals surface area contributed by atoms with Gasteiger partial charge < -0.3 is 4.90 Å². The minimum Gasteiger partial charge on any atom is -0.342 e. The Hall–Kier alpha value is -0.860. The lowest BCUT2D eigenvalue weighted by Crippen LogP contribution is -2.44. The Morgan fingerprint density at radius 2 is 2.40 bits per heavy atom. The van der Waals surface area contributed by atoms with E-state index in [2.05, 4.69) is 0 Å². The molecule has 0 saturated carbocycles. The fourth-order valence-electron chi connectivity index (χ4n) is 0.890. The summed E-state index contributed by atoms with van der Waals surface area (Å²) < 4.78 is 0. The van der Waals surface area contributed by atoms with Gasteiger partial charge in [0.25, 0.3) is 0 Å². The lowest BCUT2D eigenvalue weighted by Gasteiger charge is -2.30. The number of nitrogens with zero attached hydrogens (tertiary/aromatic N) is 1. The van der Waals surface area contributed by atoms with Crippen LogP contribution in [-0.4, -0.2) is 29.7 Å². The van der Waals surface area contributed by atoms with Crippen LogP contribution >= 0.6 is 0 Å². The van der Waals surface area contributed by atoms with Gasteiger partial charge in [-0.3, -0.25) is 9.59 Å². The molecule has 0 N–H and O–H groups in total. The molecule has 0 aromatic rings. The fourth-order valence-corrected chi connectivity index (χ4v) is 0.890. The molecule has 0 spiro atoms. The Bertz CT molecular complexity index is 165. The Morgan fingerprint density at radius 3 is 2.70 bits per heavy atom. The summed E-state index contributed by atoms with van der Waals surface area (Å²) in [5.74, 6) is 0.334. The first kappa shape index (κ1) is 7.25. The number of Topliss-reactive ketones (excluding diaryl/α,β-unsaturated/α-hetero) is 1. The number of ketones is 1. The topological polar surface area (TPSA) is 37.4 Å². The van der Waals surface area contributed by atoms with E-state index in [1.807, 2.05) is 0 Å². The third-order valence-corrected chi connectivity index (χ3v) is 1.68. The number of carbonyl (C=O) groups excluding carboxylic acids is 2. The molecule has 1 rings (SSSR count). The Labute approximate surface area is 60.0 Å². The Morgan fingerprint density at radius 1 is 1.70 bits per heavy atom. The minimum absolute atomic E-state index is 0.153. The quantitative estimate of drug-likeness (QED) is 0.526. The third-order valence-electron chi connectivity index (χ3n) is 1.68. The Kier molecular flexibility index (Phi) is 2.04. The van der Waals surface area contributed by atoms with Crippen LogP contribution in [0.5, 0.6) is 0 Å². The van der Waals surface area contributed by atoms with Gasteiger partial charge in [0.2, 0.25) is 5.91 Å². The summed E-state index contributed by atoms with van der Waals surface area (Å²) in [6.45, 7) is 3.00. The van der Waals surface area contributed by atoms with Crippen molar-refractivity contribution in [2.45, 2.75) is 19.8 Å². The first-order chi connectivity index (χ1) is 4.70. The van der Waals surface area contributed by atoms with Gasteiger partial charge in [0, 0.05) is 25.9 Å². The molecule has 0 unspecified atom stereocenters. The van der Waals surface area contributed by atoms with E-state index in [0.717, 1.165) is 6.54 Å². The summed E-state index contributed by atoms with van der Waals surface area (Å²) in [4.78, 5) is 22.8. The molecule has 0 aliphatic carbocycles. The molecule has 56 valence electrons. The highest BCUT2D eigenvalue weighted by atomic mass is 16.2. The second-order valence-electron chi connectivity index (χ2n) is 2.58. The molecular weight excluding hydrogens is 130 g/mol. The van der Waals surface area contributed by atoms with Gasteiger partial charge in [-0.15, -0.1) is 0 Å². The standard InChI is InChI=1S/C7H11NO2/c1-6(9)2-4-8-5-3-7(8)10/h2-5H2,1H3. The maximum atomic E-state index is 10.7. The monoisotopic (exact) mass is 141 g/mol. The molecule has 1 amide bonds. The molecule has 1 fully saturated rings. The number of rotatable bonds is 3. The van der Waals surface area contributed by atoms with E-state index in [-0.39, 0.29) is 11.7 Å². The molecule has 0 aromatic carbocycles. The van der Waals surface area contributed by atoms with E-state index in [4.69, 9.17) is 0 Å². The predicted molar refractivity (Wildman–Crippen MR) is 36.5 cm³/mol. The summed E-state index contributed by atoms with van der Waals surface area (Å²) in [6, 6.07) is 0. The molecule has 1 aliphatic rings. The van der Waals surface area contributed by atoms with E-state index < -0.39 is 0 Å². The van der Waals surface area contributed by atoms with Crippen LogP contribution < -0.4 is 0 Å². The van der Waals surface area contributed by atoms with Crippen molar-refractivity contribution in [3.05, 3.63) is 0 Å². The van der Waals surface area contributed by atoms with Gasteiger partial charge in [-0.25, -0.2) is 0 Å². The summed E-state index contributed by atoms with van der Waals surface area (Å²) in [6.07, 6.45) is 1.17. The van der Waals surface area contributed by atoms with Crippen LogP contribution in [0.4, 0.5) is 0 Å². The van der Waals surface area contributed by atoms with Crippen molar-refractivity contribution in [3.63, 3.8) is 0 Å². The van der Waals surface area contributed by atoms with E-state index in [9.17, 15) is 9.59 Å². The molecule has 0 bridgehead atoms. The maximum Gasteiger partial charge on any atom is 0.224 e. The molecule has 0 aromatic heterocycles. The number of likely N-dealkylation sites (tertiary alicyclic amines) is 1. The van der Waals surface area contributed by atoms with E-state index in [0.29, 0.717) is 19.4 Å². The predicted octanol–water partition coefficient (Wildman–Crippen LogP) is 0.198. The van der Waals surface area contributed by atoms with E-state index >= 15 is 0 Å². The summed E-state index contributed by atoms with van der Waals surface area (Å²) in [5.41, 5.74) is 0. The molecule has 10 heavy (non-hydrogen) atoms. The van der Waals surface area contributed by atoms with Crippen molar-refractivity contribution in [2.75, 3.05) is 13.1 Å². The zero-order valence-corrected chi connectivity index (χ0v) is 6.09. The lowest BCUT2D eigenvalue weighted by atomic mass is 10.2. The largest absolute Gasteiger partial charge is 0.342 e. The highest BCUT2D eigenvalue weighted by Crippen LogP contribution is 2.08. The van der Waals surface area contributed by atoms with Crippen molar-refractivity contribution < 1.29 is 9.59 Å². The molecule has 3 nitrogen and oxygen atoms in total. The molecule has 1 saturated heterocycles. The highest BCUT2D eigenvalue weighted by molar-refractivity contribution is 5.82. The first-order valence-corrected chi connectivity index (χ1v) is 3.47. The van der Waals surface area contributed by atoms with Crippen LogP contribution in [-0.2, 0) is 9.59 Å². The van der Waals surface area contributed by atoms with Crippen molar-refractivity contribution in [1.29, 1.82) is 0 Å². The number of hydrogen-bond acceptors (Lipinski definition) is 2. The number of hydrogen-bond donors (Lipinski definition) is 0. The van der Waals surface area contributed by atoms with Gasteiger partial charge in [0.15, 0.2) is 0 Å². The van der Waals surface area contributed by atoms with Crippen LogP contribution in [0.15, 0.2) is 0 Å². The van der Waals surface area contributed by atoms with Crippen LogP contribution in [0.1, 0.15) is 19.8 Å². The highest BCUT2D eigenvalue weighted by Gasteiger charge is 2.22. The van der Waals surface area contributed by atoms with Gasteiger partial charge in [-0.1, -0.05) is 0 Å². The van der Waals surface area contributed by atoms with Crippen LogP contribution in [0.25, 0.3) is 0 Å². The average molecular weight is 141 g/mol. The van der Waals surface area contributed by atoms with Gasteiger partial charge in [0.05, 0.1) is 0 Å². The zero-order chi connectivity index (χ0) is 7.56. The first-order valence-electron chi connectivity index (χ1n) is 3.47. The van der Waals surface area contributed by atoms with Gasteiger partial charge in [-0.2, -0.15) is 0 Å². The number of amides is 1. The smallest absolute Gasteiger partial charge is 0.224 e. The third kappa shape index (κ3) is 1.56. The second kappa shape index (κ2) is 2.82. The molecule has 0 atom stereocenters. The summed E-state index contributed by atoms with van der Waals surface area (Å²) in [5, 5.41) is 0. The van der Waals surface area contributed by atoms with Crippen LogP contribution in [0, 0.1) is 0 Å². The van der Waals surface area contributed by atoms with E-state index in [1.165, 1.54) is 0 Å². The zero-order valence-electron chi connectivity index (χ0n) is 6.09. The molecule has 1 heterocycles. The lowest BCUT2D eigenvalue weighted by molar-refractivity contribution is -0.140. The SMILES string of the molecule is CC(=O)CCN1CCC1=O. The summed E-state index contributed by atoms with van der Waals surface area (Å²) in [7, 11) is 0. The number of β-lactam (4-membered cyclic amide) rings is 1. The fraction of sp³-hybridized carbons (Fsp3) is 0.714. The van der Waals surface area contributed by atoms with Crippen molar-refractivity contribution >= 4 is 11.7 Å². The normalized spacial score (nSPS) is 16.9. The van der Waals surface area contributed by atoms with Crippen LogP contribution in [0.3, 0.4) is 0 Å². The van der Waals surface area contributed by atoms with Gasteiger partial charge in [-0.05, 0) is 6.92 Å². The Balaban J connectivity index is 2.14. The van der Waals surface area contributed by atoms with Crippen molar-refractivity contribution in [1.82, 2.24) is 4.90 Å². The maximum absolute atomic E-state index is 10.7. The molecule has 0 radical (unpaired) electrons. The van der Waals surface area contributed by atoms with E-state index in [1.54, 1.807) is 11.8 Å². The second-order valence-corrected chi connectivity index (χ2v) is 2.58. The van der Waals surface area contributed by atoms with Crippen LogP contribution in [0.2, 0.25) is 0 Å². The molecule has 1 aliphatic heterocycles. The average Bonchev–Trinajstić information content (AvgIpc) is 1.84. The van der Waals surface area contributed by atoms with Gasteiger partial charge in [0.1, 0.15) is 5.78 Å². The summed E-state index contributed by atoms with van der Waals surface area (Å²) >= 11 is 0. The van der Waals surface area contributed by atoms with Crippen molar-refractivity contribution in [3.8, 4) is 0 Å². The minimum atomic E-state index is 0.153. The molecule has 3 heteroatoms. The van der Waals surface area contributed by atoms with Crippen molar-refractivity contribution in [2.24, 2.45) is 0 Å².